The van der Waals surface area contributed by atoms with Gasteiger partial charge in [-0.3, -0.25) is 9.67 Å². The molecule has 0 saturated heterocycles. The fourth-order valence-electron chi connectivity index (χ4n) is 2.36. The third-order valence-corrected chi connectivity index (χ3v) is 3.27. The van der Waals surface area contributed by atoms with E-state index < -0.39 is 0 Å². The van der Waals surface area contributed by atoms with E-state index in [1.54, 1.807) is 12.4 Å². The molecule has 0 amide bonds. The van der Waals surface area contributed by atoms with E-state index >= 15 is 0 Å². The molecule has 0 unspecified atom stereocenters. The average molecular weight is 249 g/mol. The third kappa shape index (κ3) is 1.45. The van der Waals surface area contributed by atoms with Crippen LogP contribution < -0.4 is 0 Å². The summed E-state index contributed by atoms with van der Waals surface area (Å²) < 4.78 is 1.87. The minimum Gasteiger partial charge on any atom is -0.335 e. The zero-order valence-electron chi connectivity index (χ0n) is 10.3. The van der Waals surface area contributed by atoms with Gasteiger partial charge in [0.1, 0.15) is 5.69 Å². The van der Waals surface area contributed by atoms with Crippen molar-refractivity contribution in [3.8, 4) is 11.5 Å². The van der Waals surface area contributed by atoms with E-state index in [1.807, 2.05) is 29.9 Å². The lowest BCUT2D eigenvalue weighted by Gasteiger charge is -1.91. The molecule has 4 aromatic rings. The Labute approximate surface area is 108 Å². The molecule has 0 radical (unpaired) electrons. The molecule has 0 aliphatic carbocycles. The zero-order valence-corrected chi connectivity index (χ0v) is 10.3. The number of rotatable bonds is 1. The Morgan fingerprint density at radius 1 is 1.16 bits per heavy atom. The number of imidazole rings is 1. The Kier molecular flexibility index (Phi) is 1.97. The van der Waals surface area contributed by atoms with Crippen molar-refractivity contribution >= 4 is 21.9 Å². The molecule has 3 heterocycles. The summed E-state index contributed by atoms with van der Waals surface area (Å²) in [6, 6.07) is 10.0. The van der Waals surface area contributed by atoms with Gasteiger partial charge in [0.2, 0.25) is 0 Å². The normalized spacial score (nSPS) is 11.4. The lowest BCUT2D eigenvalue weighted by molar-refractivity contribution is 0.798. The van der Waals surface area contributed by atoms with Gasteiger partial charge in [0.15, 0.2) is 5.82 Å². The number of pyridine rings is 1. The Morgan fingerprint density at radius 3 is 2.95 bits per heavy atom. The van der Waals surface area contributed by atoms with Crippen molar-refractivity contribution in [2.24, 2.45) is 7.05 Å². The lowest BCUT2D eigenvalue weighted by atomic mass is 10.2. The summed E-state index contributed by atoms with van der Waals surface area (Å²) in [5.74, 6) is 0.778. The molecule has 92 valence electrons. The topological polar surface area (TPSA) is 59.4 Å². The van der Waals surface area contributed by atoms with Gasteiger partial charge in [-0.15, -0.1) is 0 Å². The van der Waals surface area contributed by atoms with Gasteiger partial charge in [-0.25, -0.2) is 4.98 Å². The minimum atomic E-state index is 0.778. The first kappa shape index (κ1) is 10.3. The van der Waals surface area contributed by atoms with Crippen molar-refractivity contribution in [3.05, 3.63) is 42.7 Å². The van der Waals surface area contributed by atoms with E-state index in [0.717, 1.165) is 33.5 Å². The number of H-pyrrole nitrogens is 1. The Hall–Kier alpha value is -2.69. The summed E-state index contributed by atoms with van der Waals surface area (Å²) in [6.45, 7) is 0. The monoisotopic (exact) mass is 249 g/mol. The number of hydrogen-bond acceptors (Lipinski definition) is 3. The van der Waals surface area contributed by atoms with Crippen LogP contribution in [0.3, 0.4) is 0 Å². The van der Waals surface area contributed by atoms with Crippen LogP contribution in [0.25, 0.3) is 33.5 Å². The number of aromatic amines is 1. The molecule has 5 nitrogen and oxygen atoms in total. The molecule has 0 saturated carbocycles. The van der Waals surface area contributed by atoms with Gasteiger partial charge in [0.25, 0.3) is 0 Å². The lowest BCUT2D eigenvalue weighted by Crippen LogP contribution is -1.90. The number of aryl methyl sites for hydroxylation is 1. The molecule has 0 atom stereocenters. The SMILES string of the molecule is Cn1nc(-c2nc3ccncc3[nH]2)c2ccccc21. The van der Waals surface area contributed by atoms with Crippen LogP contribution in [0.5, 0.6) is 0 Å². The van der Waals surface area contributed by atoms with Crippen molar-refractivity contribution < 1.29 is 0 Å². The highest BCUT2D eigenvalue weighted by Gasteiger charge is 2.13. The van der Waals surface area contributed by atoms with E-state index in [-0.39, 0.29) is 0 Å². The van der Waals surface area contributed by atoms with E-state index in [4.69, 9.17) is 0 Å². The van der Waals surface area contributed by atoms with Crippen LogP contribution in [-0.4, -0.2) is 24.7 Å². The average Bonchev–Trinajstić information content (AvgIpc) is 3.01. The van der Waals surface area contributed by atoms with Gasteiger partial charge in [-0.05, 0) is 12.1 Å². The smallest absolute Gasteiger partial charge is 0.159 e. The van der Waals surface area contributed by atoms with Crippen molar-refractivity contribution in [1.29, 1.82) is 0 Å². The molecule has 4 rings (SSSR count). The molecule has 0 spiro atoms. The molecular formula is C14H11N5. The summed E-state index contributed by atoms with van der Waals surface area (Å²) >= 11 is 0. The first-order chi connectivity index (χ1) is 9.33. The van der Waals surface area contributed by atoms with Gasteiger partial charge < -0.3 is 4.98 Å². The molecule has 0 aliphatic heterocycles. The second-order valence-corrected chi connectivity index (χ2v) is 4.47. The number of nitrogens with zero attached hydrogens (tertiary/aromatic N) is 4. The summed E-state index contributed by atoms with van der Waals surface area (Å²) in [5, 5.41) is 5.65. The fraction of sp³-hybridized carbons (Fsp3) is 0.0714. The number of benzene rings is 1. The molecule has 5 heteroatoms. The van der Waals surface area contributed by atoms with Crippen molar-refractivity contribution in [2.75, 3.05) is 0 Å². The Bertz CT molecular complexity index is 854. The maximum Gasteiger partial charge on any atom is 0.159 e. The van der Waals surface area contributed by atoms with Crippen LogP contribution in [0, 0.1) is 0 Å². The standard InChI is InChI=1S/C14H11N5/c1-19-12-5-3-2-4-9(12)13(18-19)14-16-10-6-7-15-8-11(10)17-14/h2-8H,1H3,(H,16,17). The van der Waals surface area contributed by atoms with Crippen LogP contribution in [-0.2, 0) is 7.05 Å². The second-order valence-electron chi connectivity index (χ2n) is 4.47. The molecular weight excluding hydrogens is 238 g/mol. The van der Waals surface area contributed by atoms with Crippen LogP contribution >= 0.6 is 0 Å². The first-order valence-electron chi connectivity index (χ1n) is 6.05. The van der Waals surface area contributed by atoms with Gasteiger partial charge >= 0.3 is 0 Å². The van der Waals surface area contributed by atoms with Gasteiger partial charge in [0.05, 0.1) is 22.7 Å². The predicted molar refractivity (Wildman–Crippen MR) is 73.6 cm³/mol. The van der Waals surface area contributed by atoms with Crippen LogP contribution in [0.1, 0.15) is 0 Å². The number of fused-ring (bicyclic) bond motifs is 2. The molecule has 3 aromatic heterocycles. The maximum atomic E-state index is 4.58. The Balaban J connectivity index is 2.04. The first-order valence-corrected chi connectivity index (χ1v) is 6.05. The number of para-hydroxylation sites is 1. The number of aromatic nitrogens is 5. The summed E-state index contributed by atoms with van der Waals surface area (Å²) in [7, 11) is 1.94. The van der Waals surface area contributed by atoms with E-state index in [0.29, 0.717) is 0 Å². The summed E-state index contributed by atoms with van der Waals surface area (Å²) in [4.78, 5) is 11.9. The predicted octanol–water partition coefficient (Wildman–Crippen LogP) is 2.51. The van der Waals surface area contributed by atoms with E-state index in [9.17, 15) is 0 Å². The third-order valence-electron chi connectivity index (χ3n) is 3.27. The minimum absolute atomic E-state index is 0.778. The molecule has 19 heavy (non-hydrogen) atoms. The highest BCUT2D eigenvalue weighted by atomic mass is 15.3. The maximum absolute atomic E-state index is 4.58. The number of nitrogens with one attached hydrogen (secondary N) is 1. The molecule has 0 fully saturated rings. The van der Waals surface area contributed by atoms with Crippen molar-refractivity contribution in [1.82, 2.24) is 24.7 Å². The van der Waals surface area contributed by atoms with Crippen molar-refractivity contribution in [3.63, 3.8) is 0 Å². The highest BCUT2D eigenvalue weighted by molar-refractivity contribution is 5.93. The van der Waals surface area contributed by atoms with Gasteiger partial charge in [-0.2, -0.15) is 5.10 Å². The molecule has 0 aliphatic rings. The quantitative estimate of drug-likeness (QED) is 0.564. The van der Waals surface area contributed by atoms with Gasteiger partial charge in [0, 0.05) is 18.6 Å². The zero-order chi connectivity index (χ0) is 12.8. The van der Waals surface area contributed by atoms with Gasteiger partial charge in [-0.1, -0.05) is 18.2 Å². The van der Waals surface area contributed by atoms with E-state index in [2.05, 4.69) is 32.2 Å². The molecule has 1 aromatic carbocycles. The van der Waals surface area contributed by atoms with E-state index in [1.165, 1.54) is 0 Å². The van der Waals surface area contributed by atoms with Crippen LogP contribution in [0.2, 0.25) is 0 Å². The van der Waals surface area contributed by atoms with Crippen LogP contribution in [0.15, 0.2) is 42.7 Å². The Morgan fingerprint density at radius 2 is 2.05 bits per heavy atom. The summed E-state index contributed by atoms with van der Waals surface area (Å²) in [6.07, 6.45) is 3.51. The second kappa shape index (κ2) is 3.65. The van der Waals surface area contributed by atoms with Crippen LogP contribution in [0.4, 0.5) is 0 Å². The highest BCUT2D eigenvalue weighted by Crippen LogP contribution is 2.26. The summed E-state index contributed by atoms with van der Waals surface area (Å²) in [5.41, 5.74) is 3.79. The largest absolute Gasteiger partial charge is 0.335 e. The fourth-order valence-corrected chi connectivity index (χ4v) is 2.36. The number of hydrogen-bond donors (Lipinski definition) is 1. The molecule has 1 N–H and O–H groups in total. The molecule has 0 bridgehead atoms. The van der Waals surface area contributed by atoms with Crippen molar-refractivity contribution in [2.45, 2.75) is 0 Å².